The maximum Gasteiger partial charge on any atom is 0.122 e. The van der Waals surface area contributed by atoms with Crippen molar-refractivity contribution in [3.8, 4) is 11.4 Å². The number of ether oxygens (including phenoxy) is 1. The van der Waals surface area contributed by atoms with Crippen LogP contribution < -0.4 is 10.1 Å². The molecule has 0 amide bonds. The van der Waals surface area contributed by atoms with Crippen molar-refractivity contribution in [2.24, 2.45) is 5.92 Å². The zero-order chi connectivity index (χ0) is 16.2. The number of nitrogens with zero attached hydrogens (tertiary/aromatic N) is 3. The van der Waals surface area contributed by atoms with Gasteiger partial charge in [-0.25, -0.2) is 0 Å². The summed E-state index contributed by atoms with van der Waals surface area (Å²) in [7, 11) is 0. The molecular formula is C19H20N4O. The fraction of sp³-hybridized carbons (Fsp3) is 0.263. The summed E-state index contributed by atoms with van der Waals surface area (Å²) in [5.74, 6) is 1.52. The summed E-state index contributed by atoms with van der Waals surface area (Å²) in [5, 5.41) is 12.3. The first-order valence-electron chi connectivity index (χ1n) is 8.26. The Morgan fingerprint density at radius 1 is 1.08 bits per heavy atom. The van der Waals surface area contributed by atoms with Crippen LogP contribution in [0.5, 0.6) is 5.75 Å². The van der Waals surface area contributed by atoms with Crippen molar-refractivity contribution < 1.29 is 4.74 Å². The normalized spacial score (nSPS) is 16.4. The van der Waals surface area contributed by atoms with Crippen LogP contribution in [-0.2, 0) is 13.0 Å². The zero-order valence-electron chi connectivity index (χ0n) is 13.4. The van der Waals surface area contributed by atoms with Crippen molar-refractivity contribution in [2.75, 3.05) is 13.2 Å². The highest BCUT2D eigenvalue weighted by Crippen LogP contribution is 2.26. The van der Waals surface area contributed by atoms with Crippen LogP contribution in [0.4, 0.5) is 0 Å². The molecule has 0 fully saturated rings. The molecule has 1 aliphatic heterocycles. The van der Waals surface area contributed by atoms with E-state index < -0.39 is 0 Å². The molecule has 1 atom stereocenters. The van der Waals surface area contributed by atoms with Crippen LogP contribution in [0.2, 0.25) is 0 Å². The Morgan fingerprint density at radius 3 is 2.83 bits per heavy atom. The molecule has 4 rings (SSSR count). The van der Waals surface area contributed by atoms with Gasteiger partial charge in [-0.2, -0.15) is 15.0 Å². The van der Waals surface area contributed by atoms with E-state index in [1.54, 1.807) is 4.80 Å². The summed E-state index contributed by atoms with van der Waals surface area (Å²) < 4.78 is 5.83. The number of fused-ring (bicyclic) bond motifs is 1. The Morgan fingerprint density at radius 2 is 1.92 bits per heavy atom. The molecule has 24 heavy (non-hydrogen) atoms. The van der Waals surface area contributed by atoms with E-state index in [9.17, 15) is 0 Å². The average molecular weight is 320 g/mol. The molecule has 0 aliphatic carbocycles. The first kappa shape index (κ1) is 14.9. The van der Waals surface area contributed by atoms with E-state index in [2.05, 4.69) is 27.6 Å². The second-order valence-electron chi connectivity index (χ2n) is 6.08. The molecule has 0 saturated carbocycles. The van der Waals surface area contributed by atoms with Crippen molar-refractivity contribution in [1.29, 1.82) is 0 Å². The van der Waals surface area contributed by atoms with E-state index in [4.69, 9.17) is 4.74 Å². The lowest BCUT2D eigenvalue weighted by molar-refractivity contribution is 0.218. The molecule has 0 bridgehead atoms. The molecule has 2 heterocycles. The van der Waals surface area contributed by atoms with Crippen LogP contribution in [0.3, 0.4) is 0 Å². The number of hydrogen-bond donors (Lipinski definition) is 1. The fourth-order valence-corrected chi connectivity index (χ4v) is 2.99. The molecule has 1 aliphatic rings. The third kappa shape index (κ3) is 3.31. The molecular weight excluding hydrogens is 300 g/mol. The van der Waals surface area contributed by atoms with Crippen LogP contribution in [0.15, 0.2) is 60.8 Å². The Kier molecular flexibility index (Phi) is 4.25. The van der Waals surface area contributed by atoms with Crippen LogP contribution in [0, 0.1) is 5.92 Å². The van der Waals surface area contributed by atoms with E-state index in [1.165, 1.54) is 5.56 Å². The Balaban J connectivity index is 1.30. The third-order valence-electron chi connectivity index (χ3n) is 4.22. The predicted molar refractivity (Wildman–Crippen MR) is 92.2 cm³/mol. The van der Waals surface area contributed by atoms with E-state index >= 15 is 0 Å². The minimum atomic E-state index is 0.490. The van der Waals surface area contributed by atoms with Crippen molar-refractivity contribution in [3.63, 3.8) is 0 Å². The monoisotopic (exact) mass is 320 g/mol. The lowest BCUT2D eigenvalue weighted by atomic mass is 9.97. The quantitative estimate of drug-likeness (QED) is 0.785. The van der Waals surface area contributed by atoms with Crippen LogP contribution >= 0.6 is 0 Å². The number of rotatable bonds is 5. The third-order valence-corrected chi connectivity index (χ3v) is 4.22. The van der Waals surface area contributed by atoms with Gasteiger partial charge in [-0.15, -0.1) is 0 Å². The van der Waals surface area contributed by atoms with E-state index in [-0.39, 0.29) is 0 Å². The Bertz CT molecular complexity index is 800. The molecule has 1 N–H and O–H groups in total. The van der Waals surface area contributed by atoms with Gasteiger partial charge in [0.25, 0.3) is 0 Å². The van der Waals surface area contributed by atoms with Gasteiger partial charge in [0.05, 0.1) is 24.2 Å². The smallest absolute Gasteiger partial charge is 0.122 e. The summed E-state index contributed by atoms with van der Waals surface area (Å²) in [6.45, 7) is 2.39. The second-order valence-corrected chi connectivity index (χ2v) is 6.08. The van der Waals surface area contributed by atoms with Gasteiger partial charge in [-0.1, -0.05) is 36.4 Å². The number of aromatic nitrogens is 3. The molecule has 5 heteroatoms. The number of para-hydroxylation sites is 2. The van der Waals surface area contributed by atoms with Crippen LogP contribution in [0.1, 0.15) is 11.3 Å². The summed E-state index contributed by atoms with van der Waals surface area (Å²) in [6.07, 6.45) is 2.87. The molecule has 0 spiro atoms. The maximum absolute atomic E-state index is 5.83. The molecule has 2 aromatic carbocycles. The number of nitrogens with one attached hydrogen (secondary N) is 1. The first-order chi connectivity index (χ1) is 11.9. The second kappa shape index (κ2) is 6.84. The van der Waals surface area contributed by atoms with E-state index in [0.717, 1.165) is 36.7 Å². The first-order valence-corrected chi connectivity index (χ1v) is 8.26. The average Bonchev–Trinajstić information content (AvgIpc) is 3.11. The van der Waals surface area contributed by atoms with Gasteiger partial charge in [-0.05, 0) is 30.2 Å². The molecule has 3 aromatic rings. The fourth-order valence-electron chi connectivity index (χ4n) is 2.99. The van der Waals surface area contributed by atoms with Gasteiger partial charge in [0.1, 0.15) is 5.75 Å². The largest absolute Gasteiger partial charge is 0.493 e. The van der Waals surface area contributed by atoms with E-state index in [1.807, 2.05) is 48.7 Å². The molecule has 1 unspecified atom stereocenters. The zero-order valence-corrected chi connectivity index (χ0v) is 13.4. The SMILES string of the molecule is c1ccc(-n2ncc(CNCC3COc4ccccc4C3)n2)cc1. The highest BCUT2D eigenvalue weighted by molar-refractivity contribution is 5.35. The minimum Gasteiger partial charge on any atom is -0.493 e. The van der Waals surface area contributed by atoms with Gasteiger partial charge >= 0.3 is 0 Å². The topological polar surface area (TPSA) is 52.0 Å². The Labute approximate surface area is 141 Å². The van der Waals surface area contributed by atoms with Crippen molar-refractivity contribution in [3.05, 3.63) is 72.1 Å². The van der Waals surface area contributed by atoms with E-state index in [0.29, 0.717) is 12.5 Å². The summed E-state index contributed by atoms with van der Waals surface area (Å²) in [4.78, 5) is 1.66. The summed E-state index contributed by atoms with van der Waals surface area (Å²) in [5.41, 5.74) is 3.21. The van der Waals surface area contributed by atoms with Crippen molar-refractivity contribution in [2.45, 2.75) is 13.0 Å². The van der Waals surface area contributed by atoms with Crippen LogP contribution in [-0.4, -0.2) is 28.1 Å². The number of hydrogen-bond acceptors (Lipinski definition) is 4. The van der Waals surface area contributed by atoms with Gasteiger partial charge < -0.3 is 10.1 Å². The molecule has 5 nitrogen and oxygen atoms in total. The standard InChI is InChI=1S/C19H20N4O/c1-2-7-18(8-3-1)23-21-13-17(22-23)12-20-11-15-10-16-6-4-5-9-19(16)24-14-15/h1-9,13,15,20H,10-12,14H2. The van der Waals surface area contributed by atoms with Crippen LogP contribution in [0.25, 0.3) is 5.69 Å². The highest BCUT2D eigenvalue weighted by Gasteiger charge is 2.19. The van der Waals surface area contributed by atoms with Gasteiger partial charge in [0.2, 0.25) is 0 Å². The summed E-state index contributed by atoms with van der Waals surface area (Å²) >= 11 is 0. The summed E-state index contributed by atoms with van der Waals surface area (Å²) in [6, 6.07) is 18.2. The number of benzene rings is 2. The van der Waals surface area contributed by atoms with Gasteiger partial charge in [-0.3, -0.25) is 0 Å². The molecule has 0 saturated heterocycles. The molecule has 1 aromatic heterocycles. The molecule has 122 valence electrons. The Hall–Kier alpha value is -2.66. The predicted octanol–water partition coefficient (Wildman–Crippen LogP) is 2.61. The molecule has 0 radical (unpaired) electrons. The van der Waals surface area contributed by atoms with Gasteiger partial charge in [0.15, 0.2) is 0 Å². The van der Waals surface area contributed by atoms with Gasteiger partial charge in [0, 0.05) is 19.0 Å². The lowest BCUT2D eigenvalue weighted by Crippen LogP contribution is -2.31. The van der Waals surface area contributed by atoms with Crippen molar-refractivity contribution >= 4 is 0 Å². The lowest BCUT2D eigenvalue weighted by Gasteiger charge is -2.25. The van der Waals surface area contributed by atoms with Crippen molar-refractivity contribution in [1.82, 2.24) is 20.3 Å². The minimum absolute atomic E-state index is 0.490. The highest BCUT2D eigenvalue weighted by atomic mass is 16.5. The maximum atomic E-state index is 5.83.